The van der Waals surface area contributed by atoms with Crippen molar-refractivity contribution in [3.05, 3.63) is 36.3 Å². The fourth-order valence-electron chi connectivity index (χ4n) is 1.35. The molecular weight excluding hydrogens is 246 g/mol. The number of hydrogen-bond acceptors (Lipinski definition) is 5. The van der Waals surface area contributed by atoms with Gasteiger partial charge in [0.2, 0.25) is 5.91 Å². The summed E-state index contributed by atoms with van der Waals surface area (Å²) < 4.78 is 1.41. The van der Waals surface area contributed by atoms with E-state index in [1.54, 1.807) is 24.4 Å². The van der Waals surface area contributed by atoms with Crippen molar-refractivity contribution in [1.82, 2.24) is 20.0 Å². The molecule has 0 spiro atoms. The maximum Gasteiger partial charge on any atom is 0.247 e. The Morgan fingerprint density at radius 2 is 2.37 bits per heavy atom. The Bertz CT molecular complexity index is 613. The van der Waals surface area contributed by atoms with E-state index in [-0.39, 0.29) is 19.1 Å². The van der Waals surface area contributed by atoms with Gasteiger partial charge in [-0.05, 0) is 18.1 Å². The number of aliphatic hydroxyl groups excluding tert-OH is 1. The van der Waals surface area contributed by atoms with Crippen LogP contribution in [0.5, 0.6) is 0 Å². The first-order valence-corrected chi connectivity index (χ1v) is 5.48. The quantitative estimate of drug-likeness (QED) is 0.733. The van der Waals surface area contributed by atoms with Gasteiger partial charge in [-0.2, -0.15) is 0 Å². The fourth-order valence-corrected chi connectivity index (χ4v) is 1.35. The molecule has 2 aromatic heterocycles. The molecule has 2 aromatic rings. The van der Waals surface area contributed by atoms with Crippen LogP contribution in [0, 0.1) is 11.8 Å². The molecule has 0 aliphatic rings. The zero-order chi connectivity index (χ0) is 13.5. The second kappa shape index (κ2) is 6.28. The summed E-state index contributed by atoms with van der Waals surface area (Å²) in [7, 11) is 0. The molecule has 0 unspecified atom stereocenters. The number of nitrogens with one attached hydrogen (secondary N) is 1. The van der Waals surface area contributed by atoms with Gasteiger partial charge >= 0.3 is 0 Å². The zero-order valence-corrected chi connectivity index (χ0v) is 9.95. The first-order valence-electron chi connectivity index (χ1n) is 5.48. The van der Waals surface area contributed by atoms with Gasteiger partial charge in [-0.25, -0.2) is 9.67 Å². The Balaban J connectivity index is 2.00. The first kappa shape index (κ1) is 12.7. The molecule has 0 radical (unpaired) electrons. The maximum absolute atomic E-state index is 11.7. The van der Waals surface area contributed by atoms with E-state index in [0.717, 1.165) is 0 Å². The van der Waals surface area contributed by atoms with Crippen molar-refractivity contribution in [3.8, 4) is 11.8 Å². The van der Waals surface area contributed by atoms with Gasteiger partial charge in [0.25, 0.3) is 0 Å². The summed E-state index contributed by atoms with van der Waals surface area (Å²) in [4.78, 5) is 15.8. The molecule has 0 aromatic carbocycles. The third-order valence-corrected chi connectivity index (χ3v) is 2.09. The third kappa shape index (κ3) is 3.90. The number of carbonyl (C=O) groups excluding carboxylic acids is 1. The highest BCUT2D eigenvalue weighted by Crippen LogP contribution is 2.04. The lowest BCUT2D eigenvalue weighted by atomic mass is 10.3. The zero-order valence-electron chi connectivity index (χ0n) is 9.95. The van der Waals surface area contributed by atoms with Crippen LogP contribution in [0.1, 0.15) is 5.69 Å². The second-order valence-electron chi connectivity index (χ2n) is 3.52. The van der Waals surface area contributed by atoms with Crippen LogP contribution in [0.3, 0.4) is 0 Å². The summed E-state index contributed by atoms with van der Waals surface area (Å²) in [5.74, 6) is 5.29. The molecule has 0 bridgehead atoms. The van der Waals surface area contributed by atoms with Crippen LogP contribution >= 0.6 is 0 Å². The van der Waals surface area contributed by atoms with Gasteiger partial charge in [0.15, 0.2) is 0 Å². The van der Waals surface area contributed by atoms with Gasteiger partial charge in [-0.1, -0.05) is 17.2 Å². The maximum atomic E-state index is 11.7. The SMILES string of the molecule is O=C(Cn1ccnn1)Nc1cccc(C#CCO)n1. The molecule has 0 saturated carbocycles. The van der Waals surface area contributed by atoms with Crippen molar-refractivity contribution in [2.24, 2.45) is 0 Å². The lowest BCUT2D eigenvalue weighted by Crippen LogP contribution is -2.19. The van der Waals surface area contributed by atoms with Gasteiger partial charge in [0.05, 0.1) is 6.20 Å². The van der Waals surface area contributed by atoms with E-state index in [2.05, 4.69) is 32.5 Å². The molecule has 0 saturated heterocycles. The molecule has 7 nitrogen and oxygen atoms in total. The second-order valence-corrected chi connectivity index (χ2v) is 3.52. The molecule has 2 rings (SSSR count). The van der Waals surface area contributed by atoms with Crippen molar-refractivity contribution < 1.29 is 9.90 Å². The number of amides is 1. The average molecular weight is 257 g/mol. The highest BCUT2D eigenvalue weighted by atomic mass is 16.2. The minimum atomic E-state index is -0.259. The van der Waals surface area contributed by atoms with Gasteiger partial charge in [0.1, 0.15) is 24.7 Å². The van der Waals surface area contributed by atoms with Crippen molar-refractivity contribution in [2.45, 2.75) is 6.54 Å². The topological polar surface area (TPSA) is 92.9 Å². The van der Waals surface area contributed by atoms with Crippen LogP contribution < -0.4 is 5.32 Å². The summed E-state index contributed by atoms with van der Waals surface area (Å²) in [6.07, 6.45) is 3.09. The van der Waals surface area contributed by atoms with Crippen LogP contribution in [-0.2, 0) is 11.3 Å². The number of aliphatic hydroxyl groups is 1. The number of hydrogen-bond donors (Lipinski definition) is 2. The van der Waals surface area contributed by atoms with E-state index in [4.69, 9.17) is 5.11 Å². The van der Waals surface area contributed by atoms with Crippen LogP contribution in [0.2, 0.25) is 0 Å². The summed E-state index contributed by atoms with van der Waals surface area (Å²) in [6.45, 7) is -0.168. The summed E-state index contributed by atoms with van der Waals surface area (Å²) in [5, 5.41) is 18.5. The number of rotatable bonds is 3. The molecule has 2 heterocycles. The minimum Gasteiger partial charge on any atom is -0.384 e. The van der Waals surface area contributed by atoms with E-state index in [1.807, 2.05) is 0 Å². The van der Waals surface area contributed by atoms with Crippen molar-refractivity contribution >= 4 is 11.7 Å². The number of carbonyl (C=O) groups is 1. The van der Waals surface area contributed by atoms with Gasteiger partial charge in [-0.15, -0.1) is 5.10 Å². The molecule has 7 heteroatoms. The predicted octanol–water partition coefficient (Wildman–Crippen LogP) is -0.344. The normalized spacial score (nSPS) is 9.53. The van der Waals surface area contributed by atoms with Gasteiger partial charge in [-0.3, -0.25) is 4.79 Å². The van der Waals surface area contributed by atoms with E-state index in [9.17, 15) is 4.79 Å². The molecule has 0 aliphatic carbocycles. The minimum absolute atomic E-state index is 0.0637. The van der Waals surface area contributed by atoms with Crippen LogP contribution in [0.25, 0.3) is 0 Å². The van der Waals surface area contributed by atoms with Crippen LogP contribution in [0.4, 0.5) is 5.82 Å². The van der Waals surface area contributed by atoms with Crippen molar-refractivity contribution in [2.75, 3.05) is 11.9 Å². The monoisotopic (exact) mass is 257 g/mol. The molecule has 96 valence electrons. The number of anilines is 1. The Morgan fingerprint density at radius 3 is 3.11 bits per heavy atom. The molecule has 1 amide bonds. The summed E-state index contributed by atoms with van der Waals surface area (Å²) >= 11 is 0. The molecule has 2 N–H and O–H groups in total. The number of pyridine rings is 1. The Labute approximate surface area is 109 Å². The highest BCUT2D eigenvalue weighted by molar-refractivity contribution is 5.89. The Hall–Kier alpha value is -2.72. The summed E-state index contributed by atoms with van der Waals surface area (Å²) in [5.41, 5.74) is 0.479. The Kier molecular flexibility index (Phi) is 4.21. The lowest BCUT2D eigenvalue weighted by Gasteiger charge is -2.04. The van der Waals surface area contributed by atoms with E-state index in [0.29, 0.717) is 11.5 Å². The molecule has 0 aliphatic heterocycles. The Morgan fingerprint density at radius 1 is 1.47 bits per heavy atom. The van der Waals surface area contributed by atoms with E-state index >= 15 is 0 Å². The first-order chi connectivity index (χ1) is 9.28. The van der Waals surface area contributed by atoms with Crippen molar-refractivity contribution in [3.63, 3.8) is 0 Å². The van der Waals surface area contributed by atoms with Crippen LogP contribution in [-0.4, -0.2) is 37.6 Å². The van der Waals surface area contributed by atoms with Gasteiger partial charge in [0, 0.05) is 6.20 Å². The van der Waals surface area contributed by atoms with Crippen LogP contribution in [0.15, 0.2) is 30.6 Å². The van der Waals surface area contributed by atoms with Crippen molar-refractivity contribution in [1.29, 1.82) is 0 Å². The molecule has 19 heavy (non-hydrogen) atoms. The fraction of sp³-hybridized carbons (Fsp3) is 0.167. The number of nitrogens with zero attached hydrogens (tertiary/aromatic N) is 4. The standard InChI is InChI=1S/C12H11N5O2/c18-8-2-4-10-3-1-5-11(14-10)15-12(19)9-17-7-6-13-16-17/h1,3,5-7,18H,8-9H2,(H,14,15,19). The van der Waals surface area contributed by atoms with Gasteiger partial charge < -0.3 is 10.4 Å². The smallest absolute Gasteiger partial charge is 0.247 e. The largest absolute Gasteiger partial charge is 0.384 e. The average Bonchev–Trinajstić information content (AvgIpc) is 2.89. The molecule has 0 fully saturated rings. The third-order valence-electron chi connectivity index (χ3n) is 2.09. The number of aromatic nitrogens is 4. The predicted molar refractivity (Wildman–Crippen MR) is 66.9 cm³/mol. The lowest BCUT2D eigenvalue weighted by molar-refractivity contribution is -0.116. The highest BCUT2D eigenvalue weighted by Gasteiger charge is 2.05. The summed E-state index contributed by atoms with van der Waals surface area (Å²) in [6, 6.07) is 5.07. The molecular formula is C12H11N5O2. The molecule has 0 atom stereocenters. The van der Waals surface area contributed by atoms with E-state index < -0.39 is 0 Å². The van der Waals surface area contributed by atoms with E-state index in [1.165, 1.54) is 10.9 Å².